The molecule has 1 aromatic rings. The Morgan fingerprint density at radius 3 is 2.14 bits per heavy atom. The highest BCUT2D eigenvalue weighted by molar-refractivity contribution is 7.89. The minimum Gasteiger partial charge on any atom is -0.330 e. The monoisotopic (exact) mass is 348 g/mol. The van der Waals surface area contributed by atoms with Gasteiger partial charge >= 0.3 is 0 Å². The first-order valence-electron chi connectivity index (χ1n) is 5.82. The number of halogens is 5. The summed E-state index contributed by atoms with van der Waals surface area (Å²) in [7, 11) is -4.64. The third-order valence-electron chi connectivity index (χ3n) is 3.25. The third-order valence-corrected chi connectivity index (χ3v) is 5.14. The molecule has 0 bridgehead atoms. The van der Waals surface area contributed by atoms with Gasteiger partial charge in [-0.25, -0.2) is 26.0 Å². The molecule has 0 aliphatic carbocycles. The summed E-state index contributed by atoms with van der Waals surface area (Å²) >= 11 is 0. The third kappa shape index (κ3) is 3.15. The van der Waals surface area contributed by atoms with Gasteiger partial charge in [0.2, 0.25) is 10.0 Å². The molecule has 1 saturated heterocycles. The molecule has 0 amide bonds. The summed E-state index contributed by atoms with van der Waals surface area (Å²) in [6, 6.07) is -0.0314. The first-order chi connectivity index (χ1) is 9.28. The van der Waals surface area contributed by atoms with Crippen LogP contribution in [0.1, 0.15) is 6.42 Å². The minimum absolute atomic E-state index is 0. The standard InChI is InChI=1S/C11H12F4N2O2S.ClH/c12-7-3-8(13)10(15)11(9(7)14)20(18,19)17-2-1-6(4-16)5-17;/h3,6H,1-2,4-5,16H2;1H. The fourth-order valence-corrected chi connectivity index (χ4v) is 3.77. The van der Waals surface area contributed by atoms with Crippen molar-refractivity contribution in [1.82, 2.24) is 4.31 Å². The Labute approximate surface area is 125 Å². The van der Waals surface area contributed by atoms with Crippen LogP contribution in [0.5, 0.6) is 0 Å². The van der Waals surface area contributed by atoms with E-state index in [0.717, 1.165) is 4.31 Å². The van der Waals surface area contributed by atoms with Crippen LogP contribution in [-0.4, -0.2) is 32.4 Å². The number of sulfonamides is 1. The van der Waals surface area contributed by atoms with Gasteiger partial charge in [0, 0.05) is 19.2 Å². The van der Waals surface area contributed by atoms with Crippen molar-refractivity contribution in [3.8, 4) is 0 Å². The van der Waals surface area contributed by atoms with E-state index < -0.39 is 38.2 Å². The van der Waals surface area contributed by atoms with Gasteiger partial charge in [-0.3, -0.25) is 0 Å². The molecule has 1 heterocycles. The fraction of sp³-hybridized carbons (Fsp3) is 0.455. The summed E-state index contributed by atoms with van der Waals surface area (Å²) in [4.78, 5) is -1.59. The summed E-state index contributed by atoms with van der Waals surface area (Å²) in [6.45, 7) is 0.186. The van der Waals surface area contributed by atoms with Gasteiger partial charge in [0.1, 0.15) is 0 Å². The summed E-state index contributed by atoms with van der Waals surface area (Å²) in [6.07, 6.45) is 0.427. The second kappa shape index (κ2) is 6.47. The predicted molar refractivity (Wildman–Crippen MR) is 69.4 cm³/mol. The molecule has 2 N–H and O–H groups in total. The molecular weight excluding hydrogens is 336 g/mol. The van der Waals surface area contributed by atoms with E-state index in [2.05, 4.69) is 0 Å². The van der Waals surface area contributed by atoms with E-state index in [4.69, 9.17) is 5.73 Å². The molecule has 10 heteroatoms. The molecule has 1 aliphatic rings. The van der Waals surface area contributed by atoms with Crippen molar-refractivity contribution in [1.29, 1.82) is 0 Å². The van der Waals surface area contributed by atoms with Gasteiger partial charge in [0.15, 0.2) is 28.2 Å². The first kappa shape index (κ1) is 18.1. The second-order valence-corrected chi connectivity index (χ2v) is 6.43. The highest BCUT2D eigenvalue weighted by Crippen LogP contribution is 2.29. The van der Waals surface area contributed by atoms with E-state index in [1.807, 2.05) is 0 Å². The van der Waals surface area contributed by atoms with E-state index >= 15 is 0 Å². The lowest BCUT2D eigenvalue weighted by atomic mass is 10.1. The van der Waals surface area contributed by atoms with E-state index in [-0.39, 0.29) is 44.0 Å². The molecule has 0 aromatic heterocycles. The van der Waals surface area contributed by atoms with E-state index in [0.29, 0.717) is 6.42 Å². The van der Waals surface area contributed by atoms with Crippen molar-refractivity contribution in [3.05, 3.63) is 29.3 Å². The fourth-order valence-electron chi connectivity index (χ4n) is 2.11. The lowest BCUT2D eigenvalue weighted by Gasteiger charge is -2.17. The van der Waals surface area contributed by atoms with Crippen LogP contribution in [0.25, 0.3) is 0 Å². The lowest BCUT2D eigenvalue weighted by molar-refractivity contribution is 0.403. The number of hydrogen-bond acceptors (Lipinski definition) is 3. The van der Waals surface area contributed by atoms with Crippen molar-refractivity contribution in [3.63, 3.8) is 0 Å². The molecule has 1 aromatic carbocycles. The Kier molecular flexibility index (Phi) is 5.59. The summed E-state index contributed by atoms with van der Waals surface area (Å²) < 4.78 is 78.3. The van der Waals surface area contributed by atoms with Crippen LogP contribution >= 0.6 is 12.4 Å². The van der Waals surface area contributed by atoms with Crippen LogP contribution in [0.2, 0.25) is 0 Å². The van der Waals surface area contributed by atoms with Crippen LogP contribution in [0.15, 0.2) is 11.0 Å². The summed E-state index contributed by atoms with van der Waals surface area (Å²) in [5.41, 5.74) is 5.40. The maximum Gasteiger partial charge on any atom is 0.249 e. The van der Waals surface area contributed by atoms with E-state index in [1.165, 1.54) is 0 Å². The molecule has 1 aliphatic heterocycles. The molecule has 21 heavy (non-hydrogen) atoms. The molecule has 2 rings (SSSR count). The zero-order valence-electron chi connectivity index (χ0n) is 10.7. The molecule has 0 saturated carbocycles. The maximum atomic E-state index is 13.6. The van der Waals surface area contributed by atoms with Crippen LogP contribution in [0.3, 0.4) is 0 Å². The quantitative estimate of drug-likeness (QED) is 0.667. The molecular formula is C11H13ClF4N2O2S. The zero-order valence-corrected chi connectivity index (χ0v) is 12.3. The van der Waals surface area contributed by atoms with Gasteiger partial charge in [0.05, 0.1) is 0 Å². The van der Waals surface area contributed by atoms with Crippen molar-refractivity contribution in [2.75, 3.05) is 19.6 Å². The Hall–Kier alpha value is -0.900. The van der Waals surface area contributed by atoms with Crippen LogP contribution in [0, 0.1) is 29.2 Å². The number of hydrogen-bond donors (Lipinski definition) is 1. The predicted octanol–water partition coefficient (Wildman–Crippen LogP) is 1.63. The van der Waals surface area contributed by atoms with Crippen LogP contribution in [-0.2, 0) is 10.0 Å². The van der Waals surface area contributed by atoms with Gasteiger partial charge in [-0.1, -0.05) is 0 Å². The molecule has 120 valence electrons. The normalized spacial score (nSPS) is 19.6. The number of nitrogens with zero attached hydrogens (tertiary/aromatic N) is 1. The highest BCUT2D eigenvalue weighted by Gasteiger charge is 2.37. The molecule has 0 spiro atoms. The van der Waals surface area contributed by atoms with Crippen LogP contribution < -0.4 is 5.73 Å². The average molecular weight is 349 g/mol. The molecule has 1 atom stereocenters. The van der Waals surface area contributed by atoms with Crippen molar-refractivity contribution < 1.29 is 26.0 Å². The first-order valence-corrected chi connectivity index (χ1v) is 7.26. The summed E-state index contributed by atoms with van der Waals surface area (Å²) in [5.74, 6) is -7.48. The summed E-state index contributed by atoms with van der Waals surface area (Å²) in [5, 5.41) is 0. The Morgan fingerprint density at radius 1 is 1.19 bits per heavy atom. The van der Waals surface area contributed by atoms with Gasteiger partial charge < -0.3 is 5.73 Å². The minimum atomic E-state index is -4.64. The Morgan fingerprint density at radius 2 is 1.71 bits per heavy atom. The smallest absolute Gasteiger partial charge is 0.249 e. The van der Waals surface area contributed by atoms with Gasteiger partial charge in [-0.15, -0.1) is 12.4 Å². The van der Waals surface area contributed by atoms with Crippen molar-refractivity contribution in [2.24, 2.45) is 11.7 Å². The molecule has 4 nitrogen and oxygen atoms in total. The van der Waals surface area contributed by atoms with Crippen molar-refractivity contribution in [2.45, 2.75) is 11.3 Å². The lowest BCUT2D eigenvalue weighted by Crippen LogP contribution is -2.31. The van der Waals surface area contributed by atoms with Gasteiger partial charge in [-0.05, 0) is 18.9 Å². The van der Waals surface area contributed by atoms with Gasteiger partial charge in [-0.2, -0.15) is 4.31 Å². The second-order valence-electron chi connectivity index (χ2n) is 4.55. The Balaban J connectivity index is 0.00000220. The highest BCUT2D eigenvalue weighted by atomic mass is 35.5. The van der Waals surface area contributed by atoms with Crippen molar-refractivity contribution >= 4 is 22.4 Å². The zero-order chi connectivity index (χ0) is 15.1. The number of rotatable bonds is 3. The largest absolute Gasteiger partial charge is 0.330 e. The molecule has 1 fully saturated rings. The molecule has 0 radical (unpaired) electrons. The van der Waals surface area contributed by atoms with E-state index in [9.17, 15) is 26.0 Å². The number of nitrogens with two attached hydrogens (primary N) is 1. The Bertz CT molecular complexity index is 615. The van der Waals surface area contributed by atoms with E-state index in [1.54, 1.807) is 0 Å². The molecule has 1 unspecified atom stereocenters. The van der Waals surface area contributed by atoms with Gasteiger partial charge in [0.25, 0.3) is 0 Å². The average Bonchev–Trinajstić information content (AvgIpc) is 2.86. The SMILES string of the molecule is Cl.NCC1CCN(S(=O)(=O)c2c(F)c(F)cc(F)c2F)C1. The topological polar surface area (TPSA) is 63.4 Å². The maximum absolute atomic E-state index is 13.6. The van der Waals surface area contributed by atoms with Crippen LogP contribution in [0.4, 0.5) is 17.6 Å². The number of benzene rings is 1.